The van der Waals surface area contributed by atoms with Crippen LogP contribution >= 0.6 is 0 Å². The van der Waals surface area contributed by atoms with E-state index in [1.807, 2.05) is 13.8 Å². The van der Waals surface area contributed by atoms with Crippen LogP contribution < -0.4 is 10.9 Å². The molecule has 134 valence electrons. The second kappa shape index (κ2) is 5.42. The summed E-state index contributed by atoms with van der Waals surface area (Å²) in [5.74, 6) is 0.00149. The number of hydrogen-bond acceptors (Lipinski definition) is 5. The van der Waals surface area contributed by atoms with Crippen LogP contribution in [0.2, 0.25) is 0 Å². The van der Waals surface area contributed by atoms with Gasteiger partial charge in [-0.05, 0) is 17.4 Å². The number of Topliss-reactive ketones (excluding diaryl/α,β-unsaturated/α-hetero) is 1. The van der Waals surface area contributed by atoms with E-state index in [1.165, 1.54) is 12.1 Å². The molecule has 1 aliphatic heterocycles. The van der Waals surface area contributed by atoms with Gasteiger partial charge in [-0.3, -0.25) is 29.9 Å². The Labute approximate surface area is 148 Å². The predicted molar refractivity (Wildman–Crippen MR) is 95.0 cm³/mol. The number of carbonyl (C=O) groups excluding carboxylic acids is 1. The molecule has 1 aromatic carbocycles. The molecule has 0 amide bonds. The smallest absolute Gasteiger partial charge is 0.270 e. The zero-order valence-corrected chi connectivity index (χ0v) is 14.4. The average Bonchev–Trinajstić information content (AvgIpc) is 2.93. The van der Waals surface area contributed by atoms with E-state index in [2.05, 4.69) is 15.5 Å². The number of fused-ring (bicyclic) bond motifs is 1. The van der Waals surface area contributed by atoms with Crippen molar-refractivity contribution in [1.82, 2.24) is 10.2 Å². The maximum absolute atomic E-state index is 12.9. The van der Waals surface area contributed by atoms with Gasteiger partial charge in [-0.25, -0.2) is 0 Å². The second-order valence-electron chi connectivity index (χ2n) is 7.61. The minimum absolute atomic E-state index is 0.00153. The summed E-state index contributed by atoms with van der Waals surface area (Å²) in [4.78, 5) is 35.7. The number of carbonyl (C=O) groups is 1. The summed E-state index contributed by atoms with van der Waals surface area (Å²) in [6.45, 7) is 4.07. The van der Waals surface area contributed by atoms with Gasteiger partial charge >= 0.3 is 0 Å². The minimum atomic E-state index is -0.541. The number of benzene rings is 1. The van der Waals surface area contributed by atoms with Gasteiger partial charge in [-0.15, -0.1) is 0 Å². The monoisotopic (exact) mass is 354 g/mol. The summed E-state index contributed by atoms with van der Waals surface area (Å²) < 4.78 is 0. The fourth-order valence-electron chi connectivity index (χ4n) is 3.94. The number of ketones is 1. The van der Waals surface area contributed by atoms with Gasteiger partial charge in [0.05, 0.1) is 10.5 Å². The summed E-state index contributed by atoms with van der Waals surface area (Å²) in [5, 5.41) is 19.5. The van der Waals surface area contributed by atoms with Gasteiger partial charge < -0.3 is 5.32 Å². The number of aromatic nitrogens is 2. The Kier molecular flexibility index (Phi) is 3.40. The molecule has 0 saturated carbocycles. The summed E-state index contributed by atoms with van der Waals surface area (Å²) in [5.41, 5.74) is 2.00. The van der Waals surface area contributed by atoms with Crippen molar-refractivity contribution in [1.29, 1.82) is 0 Å². The SMILES string of the molecule is CC1(C)CC(=O)C2=C(C1)Nc1[nH][nH]c(=O)c1[C@@H]2c1ccc([N+](=O)[O-])cc1. The largest absolute Gasteiger partial charge is 0.343 e. The normalized spacial score (nSPS) is 21.0. The van der Waals surface area contributed by atoms with Crippen molar-refractivity contribution in [2.75, 3.05) is 5.32 Å². The third-order valence-electron chi connectivity index (χ3n) is 5.03. The van der Waals surface area contributed by atoms with Crippen LogP contribution in [-0.4, -0.2) is 20.9 Å². The Morgan fingerprint density at radius 1 is 1.12 bits per heavy atom. The van der Waals surface area contributed by atoms with Crippen molar-refractivity contribution in [2.24, 2.45) is 5.41 Å². The maximum Gasteiger partial charge on any atom is 0.270 e. The number of H-pyrrole nitrogens is 2. The summed E-state index contributed by atoms with van der Waals surface area (Å²) in [7, 11) is 0. The molecule has 2 heterocycles. The molecule has 0 bridgehead atoms. The zero-order chi connectivity index (χ0) is 18.6. The van der Waals surface area contributed by atoms with Gasteiger partial charge in [0, 0.05) is 35.7 Å². The van der Waals surface area contributed by atoms with Crippen molar-refractivity contribution >= 4 is 17.3 Å². The molecule has 26 heavy (non-hydrogen) atoms. The molecule has 0 saturated heterocycles. The van der Waals surface area contributed by atoms with E-state index in [4.69, 9.17) is 0 Å². The molecule has 2 aromatic rings. The lowest BCUT2D eigenvalue weighted by atomic mass is 9.69. The highest BCUT2D eigenvalue weighted by atomic mass is 16.6. The van der Waals surface area contributed by atoms with Gasteiger partial charge in [-0.1, -0.05) is 26.0 Å². The molecule has 2 aliphatic rings. The Balaban J connectivity index is 1.90. The molecule has 0 spiro atoms. The first-order valence-corrected chi connectivity index (χ1v) is 8.35. The first-order chi connectivity index (χ1) is 12.3. The topological polar surface area (TPSA) is 121 Å². The van der Waals surface area contributed by atoms with E-state index in [0.717, 1.165) is 5.70 Å². The Hall–Kier alpha value is -3.16. The minimum Gasteiger partial charge on any atom is -0.343 e. The van der Waals surface area contributed by atoms with E-state index in [-0.39, 0.29) is 22.4 Å². The number of nitrogens with one attached hydrogen (secondary N) is 3. The number of nitro groups is 1. The van der Waals surface area contributed by atoms with Crippen molar-refractivity contribution in [3.63, 3.8) is 0 Å². The Morgan fingerprint density at radius 2 is 1.81 bits per heavy atom. The lowest BCUT2D eigenvalue weighted by molar-refractivity contribution is -0.384. The highest BCUT2D eigenvalue weighted by molar-refractivity contribution is 6.01. The number of aromatic amines is 2. The first kappa shape index (κ1) is 16.3. The van der Waals surface area contributed by atoms with E-state index >= 15 is 0 Å². The molecule has 0 radical (unpaired) electrons. The standard InChI is InChI=1S/C18H18N4O4/c1-18(2)7-11-14(12(23)8-18)13(15-16(19-11)20-21-17(15)24)9-3-5-10(6-4-9)22(25)26/h3-6,13H,7-8H2,1-2H3,(H3,19,20,21,24)/t13-/m1/s1. The van der Waals surface area contributed by atoms with Gasteiger partial charge in [0.2, 0.25) is 0 Å². The van der Waals surface area contributed by atoms with E-state index in [0.29, 0.717) is 35.4 Å². The second-order valence-corrected chi connectivity index (χ2v) is 7.61. The molecule has 4 rings (SSSR count). The summed E-state index contributed by atoms with van der Waals surface area (Å²) in [6, 6.07) is 6.02. The first-order valence-electron chi connectivity index (χ1n) is 8.35. The molecule has 1 aromatic heterocycles. The van der Waals surface area contributed by atoms with Gasteiger partial charge in [-0.2, -0.15) is 0 Å². The predicted octanol–water partition coefficient (Wildman–Crippen LogP) is 2.81. The fourth-order valence-corrected chi connectivity index (χ4v) is 3.94. The number of allylic oxidation sites excluding steroid dienone is 2. The molecule has 8 nitrogen and oxygen atoms in total. The van der Waals surface area contributed by atoms with Crippen LogP contribution in [0, 0.1) is 15.5 Å². The van der Waals surface area contributed by atoms with Crippen LogP contribution in [0.1, 0.15) is 43.7 Å². The Bertz CT molecular complexity index is 1010. The number of hydrogen-bond donors (Lipinski definition) is 3. The van der Waals surface area contributed by atoms with Crippen LogP contribution in [0.25, 0.3) is 0 Å². The van der Waals surface area contributed by atoms with Crippen molar-refractivity contribution < 1.29 is 9.72 Å². The molecule has 3 N–H and O–H groups in total. The zero-order valence-electron chi connectivity index (χ0n) is 14.4. The van der Waals surface area contributed by atoms with Gasteiger partial charge in [0.1, 0.15) is 5.82 Å². The lowest BCUT2D eigenvalue weighted by Crippen LogP contribution is -2.34. The maximum atomic E-state index is 12.9. The number of nitrogens with zero attached hydrogens (tertiary/aromatic N) is 1. The molecule has 0 fully saturated rings. The lowest BCUT2D eigenvalue weighted by Gasteiger charge is -2.37. The van der Waals surface area contributed by atoms with Gasteiger partial charge in [0.15, 0.2) is 5.78 Å². The van der Waals surface area contributed by atoms with Crippen molar-refractivity contribution in [3.05, 3.63) is 67.1 Å². The summed E-state index contributed by atoms with van der Waals surface area (Å²) >= 11 is 0. The van der Waals surface area contributed by atoms with Crippen molar-refractivity contribution in [2.45, 2.75) is 32.6 Å². The third-order valence-corrected chi connectivity index (χ3v) is 5.03. The van der Waals surface area contributed by atoms with Crippen molar-refractivity contribution in [3.8, 4) is 0 Å². The number of non-ortho nitro benzene ring substituents is 1. The number of rotatable bonds is 2. The molecule has 1 aliphatic carbocycles. The van der Waals surface area contributed by atoms with Crippen LogP contribution in [0.3, 0.4) is 0 Å². The van der Waals surface area contributed by atoms with Gasteiger partial charge in [0.25, 0.3) is 11.2 Å². The highest BCUT2D eigenvalue weighted by Gasteiger charge is 2.42. The van der Waals surface area contributed by atoms with Crippen LogP contribution in [0.15, 0.2) is 40.3 Å². The quantitative estimate of drug-likeness (QED) is 0.565. The van der Waals surface area contributed by atoms with Crippen LogP contribution in [0.4, 0.5) is 11.5 Å². The average molecular weight is 354 g/mol. The molecule has 8 heteroatoms. The summed E-state index contributed by atoms with van der Waals surface area (Å²) in [6.07, 6.45) is 1.08. The van der Waals surface area contributed by atoms with E-state index in [9.17, 15) is 19.7 Å². The van der Waals surface area contributed by atoms with Crippen LogP contribution in [0.5, 0.6) is 0 Å². The molecule has 0 unspecified atom stereocenters. The highest BCUT2D eigenvalue weighted by Crippen LogP contribution is 2.47. The number of nitro benzene ring substituents is 1. The van der Waals surface area contributed by atoms with Crippen LogP contribution in [-0.2, 0) is 4.79 Å². The molecule has 1 atom stereocenters. The number of anilines is 1. The van der Waals surface area contributed by atoms with E-state index in [1.54, 1.807) is 12.1 Å². The van der Waals surface area contributed by atoms with E-state index < -0.39 is 10.8 Å². The molecular weight excluding hydrogens is 336 g/mol. The third kappa shape index (κ3) is 2.45. The fraction of sp³-hybridized carbons (Fsp3) is 0.333. The molecular formula is C18H18N4O4. The Morgan fingerprint density at radius 3 is 2.46 bits per heavy atom.